The van der Waals surface area contributed by atoms with Crippen molar-refractivity contribution in [3.63, 3.8) is 0 Å². The highest BCUT2D eigenvalue weighted by atomic mass is 16.6. The molecule has 0 aromatic heterocycles. The van der Waals surface area contributed by atoms with Gasteiger partial charge in [0.2, 0.25) is 0 Å². The summed E-state index contributed by atoms with van der Waals surface area (Å²) in [5.41, 5.74) is 0.0439. The second-order valence-electron chi connectivity index (χ2n) is 3.81. The van der Waals surface area contributed by atoms with Crippen LogP contribution in [0.15, 0.2) is 18.2 Å². The van der Waals surface area contributed by atoms with E-state index in [1.54, 1.807) is 7.11 Å². The molecule has 1 rings (SSSR count). The molecule has 0 aliphatic carbocycles. The average molecular weight is 253 g/mol. The molecule has 1 unspecified atom stereocenters. The van der Waals surface area contributed by atoms with Gasteiger partial charge < -0.3 is 9.47 Å². The molecule has 0 spiro atoms. The second-order valence-corrected chi connectivity index (χ2v) is 3.81. The summed E-state index contributed by atoms with van der Waals surface area (Å²) < 4.78 is 10.5. The zero-order valence-corrected chi connectivity index (χ0v) is 10.3. The predicted octanol–water partition coefficient (Wildman–Crippen LogP) is 2.21. The standard InChI is InChI=1S/C12H15NO5/c1-9(5-6-17-2)18-12-4-3-11(13(15)16)7-10(12)8-14/h3-4,7-9H,5-6H2,1-2H3. The van der Waals surface area contributed by atoms with E-state index >= 15 is 0 Å². The van der Waals surface area contributed by atoms with Gasteiger partial charge in [0.05, 0.1) is 16.6 Å². The van der Waals surface area contributed by atoms with Crippen molar-refractivity contribution in [1.29, 1.82) is 0 Å². The van der Waals surface area contributed by atoms with Crippen LogP contribution < -0.4 is 4.74 Å². The maximum atomic E-state index is 10.9. The van der Waals surface area contributed by atoms with E-state index < -0.39 is 4.92 Å². The third kappa shape index (κ3) is 3.81. The molecule has 0 radical (unpaired) electrons. The van der Waals surface area contributed by atoms with Crippen molar-refractivity contribution in [2.75, 3.05) is 13.7 Å². The number of aldehydes is 1. The number of benzene rings is 1. The average Bonchev–Trinajstić information content (AvgIpc) is 2.36. The first-order valence-corrected chi connectivity index (χ1v) is 5.47. The van der Waals surface area contributed by atoms with Gasteiger partial charge in [0.25, 0.3) is 5.69 Å². The minimum atomic E-state index is -0.550. The summed E-state index contributed by atoms with van der Waals surface area (Å²) in [7, 11) is 1.59. The number of nitro benzene ring substituents is 1. The molecular weight excluding hydrogens is 238 g/mol. The van der Waals surface area contributed by atoms with Crippen molar-refractivity contribution in [1.82, 2.24) is 0 Å². The van der Waals surface area contributed by atoms with E-state index in [0.717, 1.165) is 0 Å². The Morgan fingerprint density at radius 3 is 2.78 bits per heavy atom. The topological polar surface area (TPSA) is 78.7 Å². The van der Waals surface area contributed by atoms with Crippen LogP contribution in [-0.2, 0) is 4.74 Å². The lowest BCUT2D eigenvalue weighted by Crippen LogP contribution is -2.15. The Bertz CT molecular complexity index is 432. The summed E-state index contributed by atoms with van der Waals surface area (Å²) in [6.07, 6.45) is 1.09. The number of non-ortho nitro benzene ring substituents is 1. The maximum absolute atomic E-state index is 10.9. The quantitative estimate of drug-likeness (QED) is 0.423. The van der Waals surface area contributed by atoms with Gasteiger partial charge in [0.1, 0.15) is 5.75 Å². The first-order valence-electron chi connectivity index (χ1n) is 5.47. The number of carbonyl (C=O) groups excluding carboxylic acids is 1. The molecule has 98 valence electrons. The Labute approximate surface area is 105 Å². The zero-order valence-electron chi connectivity index (χ0n) is 10.3. The Hall–Kier alpha value is -1.95. The Morgan fingerprint density at radius 1 is 1.50 bits per heavy atom. The fourth-order valence-electron chi connectivity index (χ4n) is 1.41. The summed E-state index contributed by atoms with van der Waals surface area (Å²) in [6, 6.07) is 3.95. The van der Waals surface area contributed by atoms with Crippen LogP contribution in [0.3, 0.4) is 0 Å². The lowest BCUT2D eigenvalue weighted by atomic mass is 10.2. The van der Waals surface area contributed by atoms with Crippen LogP contribution in [0.2, 0.25) is 0 Å². The molecule has 18 heavy (non-hydrogen) atoms. The van der Waals surface area contributed by atoms with Crippen LogP contribution in [-0.4, -0.2) is 31.0 Å². The molecule has 0 fully saturated rings. The van der Waals surface area contributed by atoms with Gasteiger partial charge >= 0.3 is 0 Å². The van der Waals surface area contributed by atoms with E-state index in [4.69, 9.17) is 9.47 Å². The van der Waals surface area contributed by atoms with Crippen molar-refractivity contribution in [2.45, 2.75) is 19.4 Å². The normalized spacial score (nSPS) is 11.9. The monoisotopic (exact) mass is 253 g/mol. The van der Waals surface area contributed by atoms with Crippen LogP contribution in [0.25, 0.3) is 0 Å². The number of ether oxygens (including phenoxy) is 2. The number of carbonyl (C=O) groups is 1. The van der Waals surface area contributed by atoms with Gasteiger partial charge in [-0.15, -0.1) is 0 Å². The summed E-state index contributed by atoms with van der Waals surface area (Å²) in [5.74, 6) is 0.346. The van der Waals surface area contributed by atoms with Crippen LogP contribution in [0.1, 0.15) is 23.7 Å². The van der Waals surface area contributed by atoms with Gasteiger partial charge in [-0.25, -0.2) is 0 Å². The van der Waals surface area contributed by atoms with E-state index in [1.165, 1.54) is 18.2 Å². The van der Waals surface area contributed by atoms with E-state index in [1.807, 2.05) is 6.92 Å². The van der Waals surface area contributed by atoms with Gasteiger partial charge in [-0.1, -0.05) is 0 Å². The molecule has 0 heterocycles. The maximum Gasteiger partial charge on any atom is 0.270 e. The second kappa shape index (κ2) is 6.70. The lowest BCUT2D eigenvalue weighted by molar-refractivity contribution is -0.384. The zero-order chi connectivity index (χ0) is 13.5. The molecule has 1 aromatic rings. The van der Waals surface area contributed by atoms with Crippen LogP contribution in [0, 0.1) is 10.1 Å². The van der Waals surface area contributed by atoms with Gasteiger partial charge in [0, 0.05) is 32.3 Å². The fourth-order valence-corrected chi connectivity index (χ4v) is 1.41. The summed E-state index contributed by atoms with van der Waals surface area (Å²) in [4.78, 5) is 20.9. The van der Waals surface area contributed by atoms with Crippen molar-refractivity contribution < 1.29 is 19.2 Å². The Balaban J connectivity index is 2.82. The minimum Gasteiger partial charge on any atom is -0.490 e. The van der Waals surface area contributed by atoms with Crippen molar-refractivity contribution in [3.05, 3.63) is 33.9 Å². The molecule has 6 heteroatoms. The summed E-state index contributed by atoms with van der Waals surface area (Å²) in [6.45, 7) is 2.39. The smallest absolute Gasteiger partial charge is 0.270 e. The molecule has 0 saturated heterocycles. The van der Waals surface area contributed by atoms with E-state index in [9.17, 15) is 14.9 Å². The molecular formula is C12H15NO5. The molecule has 1 aromatic carbocycles. The van der Waals surface area contributed by atoms with Crippen LogP contribution in [0.5, 0.6) is 5.75 Å². The van der Waals surface area contributed by atoms with E-state index in [-0.39, 0.29) is 17.4 Å². The van der Waals surface area contributed by atoms with E-state index in [2.05, 4.69) is 0 Å². The summed E-state index contributed by atoms with van der Waals surface area (Å²) in [5, 5.41) is 10.6. The molecule has 0 amide bonds. The van der Waals surface area contributed by atoms with Crippen molar-refractivity contribution in [3.8, 4) is 5.75 Å². The molecule has 0 bridgehead atoms. The minimum absolute atomic E-state index is 0.131. The summed E-state index contributed by atoms with van der Waals surface area (Å²) >= 11 is 0. The third-order valence-corrected chi connectivity index (χ3v) is 2.39. The fraction of sp³-hybridized carbons (Fsp3) is 0.417. The van der Waals surface area contributed by atoms with Gasteiger partial charge in [0.15, 0.2) is 6.29 Å². The number of nitrogens with zero attached hydrogens (tertiary/aromatic N) is 1. The highest BCUT2D eigenvalue weighted by molar-refractivity contribution is 5.80. The van der Waals surface area contributed by atoms with Gasteiger partial charge in [-0.05, 0) is 13.0 Å². The molecule has 0 aliphatic heterocycles. The highest BCUT2D eigenvalue weighted by Crippen LogP contribution is 2.24. The van der Waals surface area contributed by atoms with Gasteiger partial charge in [-0.2, -0.15) is 0 Å². The van der Waals surface area contributed by atoms with Crippen LogP contribution >= 0.6 is 0 Å². The molecule has 0 N–H and O–H groups in total. The van der Waals surface area contributed by atoms with Crippen molar-refractivity contribution in [2.24, 2.45) is 0 Å². The SMILES string of the molecule is COCCC(C)Oc1ccc([N+](=O)[O-])cc1C=O. The lowest BCUT2D eigenvalue weighted by Gasteiger charge is -2.15. The Morgan fingerprint density at radius 2 is 2.22 bits per heavy atom. The largest absolute Gasteiger partial charge is 0.490 e. The highest BCUT2D eigenvalue weighted by Gasteiger charge is 2.13. The Kier molecular flexibility index (Phi) is 5.26. The third-order valence-electron chi connectivity index (χ3n) is 2.39. The number of hydrogen-bond acceptors (Lipinski definition) is 5. The van der Waals surface area contributed by atoms with Gasteiger partial charge in [-0.3, -0.25) is 14.9 Å². The number of methoxy groups -OCH3 is 1. The van der Waals surface area contributed by atoms with Crippen LogP contribution in [0.4, 0.5) is 5.69 Å². The molecule has 0 saturated carbocycles. The predicted molar refractivity (Wildman–Crippen MR) is 65.1 cm³/mol. The molecule has 0 aliphatic rings. The number of nitro groups is 1. The van der Waals surface area contributed by atoms with Crippen molar-refractivity contribution >= 4 is 12.0 Å². The van der Waals surface area contributed by atoms with E-state index in [0.29, 0.717) is 25.1 Å². The molecule has 6 nitrogen and oxygen atoms in total. The molecule has 1 atom stereocenters. The first kappa shape index (κ1) is 14.1. The number of rotatable bonds is 7. The number of hydrogen-bond donors (Lipinski definition) is 0. The first-order chi connectivity index (χ1) is 8.58.